The second-order valence-electron chi connectivity index (χ2n) is 5.36. The van der Waals surface area contributed by atoms with Gasteiger partial charge >= 0.3 is 0 Å². The van der Waals surface area contributed by atoms with Gasteiger partial charge in [-0.1, -0.05) is 30.3 Å². The largest absolute Gasteiger partial charge is 0.508 e. The Hall–Kier alpha value is -1.58. The van der Waals surface area contributed by atoms with E-state index >= 15 is 0 Å². The standard InChI is InChI=1S/C16H19NO2/c18-11-12-7-8-17(9-12)10-15-14-4-2-1-3-13(14)5-6-16(15)19/h1-6,12,18-19H,7-11H2. The number of fused-ring (bicyclic) bond motifs is 1. The highest BCUT2D eigenvalue weighted by Gasteiger charge is 2.22. The van der Waals surface area contributed by atoms with Crippen molar-refractivity contribution < 1.29 is 10.2 Å². The van der Waals surface area contributed by atoms with Gasteiger partial charge in [-0.3, -0.25) is 4.90 Å². The molecule has 0 radical (unpaired) electrons. The van der Waals surface area contributed by atoms with Gasteiger partial charge in [0.2, 0.25) is 0 Å². The molecule has 3 nitrogen and oxygen atoms in total. The van der Waals surface area contributed by atoms with Crippen molar-refractivity contribution in [1.82, 2.24) is 4.90 Å². The quantitative estimate of drug-likeness (QED) is 0.887. The molecule has 0 saturated carbocycles. The number of hydrogen-bond acceptors (Lipinski definition) is 3. The third-order valence-corrected chi connectivity index (χ3v) is 4.03. The number of hydrogen-bond donors (Lipinski definition) is 2. The first-order valence-corrected chi connectivity index (χ1v) is 6.80. The zero-order valence-corrected chi connectivity index (χ0v) is 10.9. The maximum Gasteiger partial charge on any atom is 0.120 e. The van der Waals surface area contributed by atoms with Crippen LogP contribution < -0.4 is 0 Å². The van der Waals surface area contributed by atoms with E-state index in [1.54, 1.807) is 6.07 Å². The van der Waals surface area contributed by atoms with E-state index < -0.39 is 0 Å². The van der Waals surface area contributed by atoms with Crippen molar-refractivity contribution in [2.75, 3.05) is 19.7 Å². The Morgan fingerprint density at radius 1 is 1.16 bits per heavy atom. The Bertz CT molecular complexity index is 582. The summed E-state index contributed by atoms with van der Waals surface area (Å²) in [4.78, 5) is 2.31. The van der Waals surface area contributed by atoms with Gasteiger partial charge in [-0.15, -0.1) is 0 Å². The van der Waals surface area contributed by atoms with E-state index in [1.165, 1.54) is 0 Å². The number of nitrogens with zero attached hydrogens (tertiary/aromatic N) is 1. The third-order valence-electron chi connectivity index (χ3n) is 4.03. The van der Waals surface area contributed by atoms with Crippen LogP contribution in [0, 0.1) is 5.92 Å². The molecule has 1 aliphatic rings. The highest BCUT2D eigenvalue weighted by atomic mass is 16.3. The number of phenols is 1. The fourth-order valence-electron chi connectivity index (χ4n) is 2.92. The molecule has 2 aromatic carbocycles. The number of likely N-dealkylation sites (tertiary alicyclic amines) is 1. The molecule has 0 spiro atoms. The van der Waals surface area contributed by atoms with Crippen LogP contribution >= 0.6 is 0 Å². The predicted octanol–water partition coefficient (Wildman–Crippen LogP) is 2.36. The monoisotopic (exact) mass is 257 g/mol. The van der Waals surface area contributed by atoms with Crippen LogP contribution in [-0.4, -0.2) is 34.8 Å². The fourth-order valence-corrected chi connectivity index (χ4v) is 2.92. The van der Waals surface area contributed by atoms with E-state index in [-0.39, 0.29) is 6.61 Å². The van der Waals surface area contributed by atoms with E-state index in [0.717, 1.165) is 42.4 Å². The summed E-state index contributed by atoms with van der Waals surface area (Å²) in [5.41, 5.74) is 0.997. The molecule has 2 N–H and O–H groups in total. The summed E-state index contributed by atoms with van der Waals surface area (Å²) >= 11 is 0. The number of phenolic OH excluding ortho intramolecular Hbond substituents is 1. The number of rotatable bonds is 3. The van der Waals surface area contributed by atoms with Gasteiger partial charge in [0.1, 0.15) is 5.75 Å². The zero-order chi connectivity index (χ0) is 13.2. The van der Waals surface area contributed by atoms with E-state index in [1.807, 2.05) is 18.2 Å². The molecule has 0 aliphatic carbocycles. The molecular weight excluding hydrogens is 238 g/mol. The Balaban J connectivity index is 1.90. The topological polar surface area (TPSA) is 43.7 Å². The van der Waals surface area contributed by atoms with E-state index in [9.17, 15) is 10.2 Å². The minimum Gasteiger partial charge on any atom is -0.508 e. The first-order valence-electron chi connectivity index (χ1n) is 6.80. The van der Waals surface area contributed by atoms with Gasteiger partial charge in [0.25, 0.3) is 0 Å². The van der Waals surface area contributed by atoms with Crippen LogP contribution in [0.4, 0.5) is 0 Å². The Morgan fingerprint density at radius 2 is 2.00 bits per heavy atom. The van der Waals surface area contributed by atoms with Crippen molar-refractivity contribution in [2.24, 2.45) is 5.92 Å². The van der Waals surface area contributed by atoms with Gasteiger partial charge in [-0.2, -0.15) is 0 Å². The maximum absolute atomic E-state index is 10.1. The molecule has 1 atom stereocenters. The fraction of sp³-hybridized carbons (Fsp3) is 0.375. The lowest BCUT2D eigenvalue weighted by Gasteiger charge is -2.18. The molecule has 0 amide bonds. The third kappa shape index (κ3) is 2.44. The lowest BCUT2D eigenvalue weighted by atomic mass is 10.0. The van der Waals surface area contributed by atoms with Gasteiger partial charge in [0, 0.05) is 25.3 Å². The average Bonchev–Trinajstić information content (AvgIpc) is 2.90. The molecule has 2 aromatic rings. The van der Waals surface area contributed by atoms with Crippen LogP contribution in [0.1, 0.15) is 12.0 Å². The van der Waals surface area contributed by atoms with Gasteiger partial charge in [0.15, 0.2) is 0 Å². The summed E-state index contributed by atoms with van der Waals surface area (Å²) in [5, 5.41) is 21.6. The molecule has 1 heterocycles. The molecule has 3 rings (SSSR count). The molecule has 0 bridgehead atoms. The highest BCUT2D eigenvalue weighted by Crippen LogP contribution is 2.29. The Labute approximate surface area is 113 Å². The molecule has 1 aliphatic heterocycles. The second kappa shape index (κ2) is 5.19. The van der Waals surface area contributed by atoms with Gasteiger partial charge in [-0.25, -0.2) is 0 Å². The van der Waals surface area contributed by atoms with Crippen LogP contribution in [0.3, 0.4) is 0 Å². The lowest BCUT2D eigenvalue weighted by Crippen LogP contribution is -2.21. The predicted molar refractivity (Wildman–Crippen MR) is 76.1 cm³/mol. The maximum atomic E-state index is 10.1. The van der Waals surface area contributed by atoms with Crippen molar-refractivity contribution in [3.05, 3.63) is 42.0 Å². The van der Waals surface area contributed by atoms with Crippen molar-refractivity contribution in [3.63, 3.8) is 0 Å². The Morgan fingerprint density at radius 3 is 2.79 bits per heavy atom. The van der Waals surface area contributed by atoms with Gasteiger partial charge in [0.05, 0.1) is 0 Å². The molecule has 3 heteroatoms. The minimum atomic E-state index is 0.262. The van der Waals surface area contributed by atoms with Crippen molar-refractivity contribution >= 4 is 10.8 Å². The average molecular weight is 257 g/mol. The summed E-state index contributed by atoms with van der Waals surface area (Å²) in [6.45, 7) is 2.93. The van der Waals surface area contributed by atoms with E-state index in [2.05, 4.69) is 17.0 Å². The van der Waals surface area contributed by atoms with Crippen LogP contribution in [0.2, 0.25) is 0 Å². The van der Waals surface area contributed by atoms with Crippen LogP contribution in [0.25, 0.3) is 10.8 Å². The van der Waals surface area contributed by atoms with Crippen molar-refractivity contribution in [3.8, 4) is 5.75 Å². The second-order valence-corrected chi connectivity index (χ2v) is 5.36. The first kappa shape index (κ1) is 12.5. The van der Waals surface area contributed by atoms with Gasteiger partial charge < -0.3 is 10.2 Å². The summed E-state index contributed by atoms with van der Waals surface area (Å²) in [7, 11) is 0. The first-order chi connectivity index (χ1) is 9.28. The van der Waals surface area contributed by atoms with Gasteiger partial charge in [-0.05, 0) is 35.7 Å². The molecule has 19 heavy (non-hydrogen) atoms. The van der Waals surface area contributed by atoms with Crippen LogP contribution in [0.15, 0.2) is 36.4 Å². The Kier molecular flexibility index (Phi) is 3.40. The summed E-state index contributed by atoms with van der Waals surface area (Å²) in [6.07, 6.45) is 1.04. The normalized spacial score (nSPS) is 20.2. The number of aliphatic hydroxyl groups is 1. The number of benzene rings is 2. The summed E-state index contributed by atoms with van der Waals surface area (Å²) < 4.78 is 0. The number of aromatic hydroxyl groups is 1. The highest BCUT2D eigenvalue weighted by molar-refractivity contribution is 5.87. The molecule has 1 fully saturated rings. The zero-order valence-electron chi connectivity index (χ0n) is 10.9. The number of aliphatic hydroxyl groups excluding tert-OH is 1. The molecular formula is C16H19NO2. The van der Waals surface area contributed by atoms with E-state index in [0.29, 0.717) is 11.7 Å². The smallest absolute Gasteiger partial charge is 0.120 e. The SMILES string of the molecule is OCC1CCN(Cc2c(O)ccc3ccccc23)C1. The summed E-state index contributed by atoms with van der Waals surface area (Å²) in [6, 6.07) is 11.9. The summed E-state index contributed by atoms with van der Waals surface area (Å²) in [5.74, 6) is 0.753. The molecule has 1 unspecified atom stereocenters. The lowest BCUT2D eigenvalue weighted by molar-refractivity contribution is 0.220. The van der Waals surface area contributed by atoms with Crippen molar-refractivity contribution in [2.45, 2.75) is 13.0 Å². The van der Waals surface area contributed by atoms with Crippen LogP contribution in [-0.2, 0) is 6.54 Å². The molecule has 0 aromatic heterocycles. The minimum absolute atomic E-state index is 0.262. The molecule has 100 valence electrons. The van der Waals surface area contributed by atoms with Crippen molar-refractivity contribution in [1.29, 1.82) is 0 Å². The van der Waals surface area contributed by atoms with Crippen LogP contribution in [0.5, 0.6) is 5.75 Å². The van der Waals surface area contributed by atoms with E-state index in [4.69, 9.17) is 0 Å². The molecule has 1 saturated heterocycles.